The van der Waals surface area contributed by atoms with E-state index in [0.29, 0.717) is 11.3 Å². The molecule has 0 saturated heterocycles. The maximum atomic E-state index is 13.1. The van der Waals surface area contributed by atoms with Crippen molar-refractivity contribution in [3.8, 4) is 0 Å². The molecule has 0 aromatic heterocycles. The van der Waals surface area contributed by atoms with E-state index in [-0.39, 0.29) is 18.4 Å². The van der Waals surface area contributed by atoms with E-state index in [1.165, 1.54) is 16.8 Å². The number of anilines is 3. The van der Waals surface area contributed by atoms with Crippen molar-refractivity contribution < 1.29 is 9.59 Å². The lowest BCUT2D eigenvalue weighted by atomic mass is 10.0. The van der Waals surface area contributed by atoms with E-state index in [4.69, 9.17) is 0 Å². The summed E-state index contributed by atoms with van der Waals surface area (Å²) < 4.78 is 0. The molecular weight excluding hydrogens is 374 g/mol. The van der Waals surface area contributed by atoms with Gasteiger partial charge < -0.3 is 10.2 Å². The Morgan fingerprint density at radius 3 is 2.47 bits per heavy atom. The van der Waals surface area contributed by atoms with Crippen molar-refractivity contribution in [3.05, 3.63) is 89.5 Å². The molecule has 2 aliphatic rings. The molecule has 30 heavy (non-hydrogen) atoms. The van der Waals surface area contributed by atoms with Gasteiger partial charge in [-0.1, -0.05) is 42.5 Å². The van der Waals surface area contributed by atoms with E-state index in [9.17, 15) is 9.59 Å². The lowest BCUT2D eigenvalue weighted by Crippen LogP contribution is -2.42. The zero-order valence-corrected chi connectivity index (χ0v) is 16.7. The summed E-state index contributed by atoms with van der Waals surface area (Å²) in [6, 6.07) is 23.7. The second-order valence-corrected chi connectivity index (χ2v) is 7.81. The average molecular weight is 397 g/mol. The number of amides is 2. The maximum Gasteiger partial charge on any atom is 0.258 e. The highest BCUT2D eigenvalue weighted by atomic mass is 16.2. The van der Waals surface area contributed by atoms with Crippen molar-refractivity contribution in [2.45, 2.75) is 19.4 Å². The molecule has 5 nitrogen and oxygen atoms in total. The molecule has 2 amide bonds. The molecule has 0 aliphatic carbocycles. The molecule has 2 heterocycles. The second-order valence-electron chi connectivity index (χ2n) is 7.81. The smallest absolute Gasteiger partial charge is 0.258 e. The molecule has 3 aromatic rings. The van der Waals surface area contributed by atoms with Gasteiger partial charge >= 0.3 is 0 Å². The number of benzene rings is 3. The predicted octanol–water partition coefficient (Wildman–Crippen LogP) is 4.24. The first-order valence-electron chi connectivity index (χ1n) is 10.3. The number of nitrogens with one attached hydrogen (secondary N) is 1. The number of carbonyl (C=O) groups is 2. The highest BCUT2D eigenvalue weighted by molar-refractivity contribution is 6.15. The van der Waals surface area contributed by atoms with E-state index in [0.717, 1.165) is 31.6 Å². The molecule has 0 saturated carbocycles. The molecule has 1 N–H and O–H groups in total. The van der Waals surface area contributed by atoms with Gasteiger partial charge in [0.2, 0.25) is 5.91 Å². The molecule has 3 aromatic carbocycles. The Morgan fingerprint density at radius 1 is 0.900 bits per heavy atom. The van der Waals surface area contributed by atoms with Crippen LogP contribution in [-0.2, 0) is 17.8 Å². The minimum Gasteiger partial charge on any atom is -0.367 e. The van der Waals surface area contributed by atoms with Crippen LogP contribution in [0.3, 0.4) is 0 Å². The van der Waals surface area contributed by atoms with Crippen LogP contribution in [0.2, 0.25) is 0 Å². The molecule has 150 valence electrons. The van der Waals surface area contributed by atoms with Gasteiger partial charge in [0.05, 0.1) is 11.4 Å². The van der Waals surface area contributed by atoms with Gasteiger partial charge in [-0.05, 0) is 54.3 Å². The first-order chi connectivity index (χ1) is 14.7. The molecule has 5 rings (SSSR count). The lowest BCUT2D eigenvalue weighted by molar-refractivity contribution is -0.115. The fourth-order valence-electron chi connectivity index (χ4n) is 4.32. The van der Waals surface area contributed by atoms with Crippen LogP contribution in [0.25, 0.3) is 0 Å². The minimum atomic E-state index is -0.178. The van der Waals surface area contributed by atoms with Crippen LogP contribution in [0.15, 0.2) is 72.8 Å². The molecule has 0 bridgehead atoms. The number of para-hydroxylation sites is 3. The molecule has 5 heteroatoms. The normalized spacial score (nSPS) is 15.3. The summed E-state index contributed by atoms with van der Waals surface area (Å²) in [6.07, 6.45) is 2.29. The summed E-state index contributed by atoms with van der Waals surface area (Å²) in [5.74, 6) is -0.338. The Morgan fingerprint density at radius 2 is 1.63 bits per heavy atom. The van der Waals surface area contributed by atoms with Crippen molar-refractivity contribution in [1.29, 1.82) is 0 Å². The van der Waals surface area contributed by atoms with Crippen LogP contribution < -0.4 is 15.1 Å². The van der Waals surface area contributed by atoms with Gasteiger partial charge in [0.15, 0.2) is 0 Å². The van der Waals surface area contributed by atoms with Crippen LogP contribution in [0, 0.1) is 0 Å². The number of rotatable bonds is 3. The summed E-state index contributed by atoms with van der Waals surface area (Å²) >= 11 is 0. The Kier molecular flexibility index (Phi) is 4.71. The summed E-state index contributed by atoms with van der Waals surface area (Å²) in [7, 11) is 0. The van der Waals surface area contributed by atoms with Crippen molar-refractivity contribution in [2.75, 3.05) is 28.2 Å². The fourth-order valence-corrected chi connectivity index (χ4v) is 4.32. The topological polar surface area (TPSA) is 52.7 Å². The number of hydrogen-bond donors (Lipinski definition) is 1. The average Bonchev–Trinajstić information content (AvgIpc) is 2.79. The minimum absolute atomic E-state index is 0.0299. The SMILES string of the molecule is O=C1CN(C(=O)c2ccc(CN3CCCc4ccccc43)cc2)c2ccccc2N1. The number of carbonyl (C=O) groups excluding carboxylic acids is 2. The van der Waals surface area contributed by atoms with E-state index in [1.54, 1.807) is 4.90 Å². The summed E-state index contributed by atoms with van der Waals surface area (Å²) in [5.41, 5.74) is 5.86. The summed E-state index contributed by atoms with van der Waals surface area (Å²) in [5, 5.41) is 2.82. The van der Waals surface area contributed by atoms with Crippen LogP contribution >= 0.6 is 0 Å². The van der Waals surface area contributed by atoms with Gasteiger partial charge in [-0.15, -0.1) is 0 Å². The zero-order chi connectivity index (χ0) is 20.5. The molecule has 0 fully saturated rings. The highest BCUT2D eigenvalue weighted by Gasteiger charge is 2.27. The van der Waals surface area contributed by atoms with Crippen molar-refractivity contribution in [1.82, 2.24) is 0 Å². The summed E-state index contributed by atoms with van der Waals surface area (Å²) in [6.45, 7) is 1.89. The number of aryl methyl sites for hydroxylation is 1. The van der Waals surface area contributed by atoms with Crippen LogP contribution in [0.1, 0.15) is 27.9 Å². The number of fused-ring (bicyclic) bond motifs is 2. The Balaban J connectivity index is 1.35. The third-order valence-corrected chi connectivity index (χ3v) is 5.80. The van der Waals surface area contributed by atoms with Crippen molar-refractivity contribution in [3.63, 3.8) is 0 Å². The molecule has 0 radical (unpaired) electrons. The van der Waals surface area contributed by atoms with Crippen LogP contribution in [0.4, 0.5) is 17.1 Å². The fraction of sp³-hybridized carbons (Fsp3) is 0.200. The first-order valence-corrected chi connectivity index (χ1v) is 10.3. The largest absolute Gasteiger partial charge is 0.367 e. The van der Waals surface area contributed by atoms with E-state index < -0.39 is 0 Å². The zero-order valence-electron chi connectivity index (χ0n) is 16.7. The quantitative estimate of drug-likeness (QED) is 0.719. The molecule has 0 spiro atoms. The molecule has 0 unspecified atom stereocenters. The molecule has 0 atom stereocenters. The van der Waals surface area contributed by atoms with Crippen LogP contribution in [-0.4, -0.2) is 24.9 Å². The predicted molar refractivity (Wildman–Crippen MR) is 119 cm³/mol. The van der Waals surface area contributed by atoms with Gasteiger partial charge in [0.1, 0.15) is 6.54 Å². The van der Waals surface area contributed by atoms with Crippen molar-refractivity contribution >= 4 is 28.9 Å². The monoisotopic (exact) mass is 397 g/mol. The second kappa shape index (κ2) is 7.67. The van der Waals surface area contributed by atoms with Gasteiger partial charge in [-0.2, -0.15) is 0 Å². The van der Waals surface area contributed by atoms with Crippen LogP contribution in [0.5, 0.6) is 0 Å². The number of hydrogen-bond acceptors (Lipinski definition) is 3. The van der Waals surface area contributed by atoms with Crippen molar-refractivity contribution in [2.24, 2.45) is 0 Å². The lowest BCUT2D eigenvalue weighted by Gasteiger charge is -2.31. The van der Waals surface area contributed by atoms with Gasteiger partial charge in [0.25, 0.3) is 5.91 Å². The third-order valence-electron chi connectivity index (χ3n) is 5.80. The maximum absolute atomic E-state index is 13.1. The third kappa shape index (κ3) is 3.43. The first kappa shape index (κ1) is 18.4. The highest BCUT2D eigenvalue weighted by Crippen LogP contribution is 2.31. The van der Waals surface area contributed by atoms with E-state index in [1.807, 2.05) is 48.5 Å². The molecular formula is C25H23N3O2. The Hall–Kier alpha value is -3.60. The Bertz CT molecular complexity index is 1110. The van der Waals surface area contributed by atoms with Gasteiger partial charge in [-0.3, -0.25) is 14.5 Å². The standard InChI is InChI=1S/C25H23N3O2/c29-24-17-28(23-10-4-2-8-21(23)26-24)25(30)20-13-11-18(12-14-20)16-27-15-5-7-19-6-1-3-9-22(19)27/h1-4,6,8-14H,5,7,15-17H2,(H,26,29). The Labute approximate surface area is 175 Å². The number of nitrogens with zero attached hydrogens (tertiary/aromatic N) is 2. The summed E-state index contributed by atoms with van der Waals surface area (Å²) in [4.78, 5) is 29.1. The molecule has 2 aliphatic heterocycles. The van der Waals surface area contributed by atoms with E-state index in [2.05, 4.69) is 34.5 Å². The van der Waals surface area contributed by atoms with Gasteiger partial charge in [-0.25, -0.2) is 0 Å². The van der Waals surface area contributed by atoms with E-state index >= 15 is 0 Å². The van der Waals surface area contributed by atoms with Gasteiger partial charge in [0, 0.05) is 24.3 Å².